The maximum absolute atomic E-state index is 12.6. The normalized spacial score (nSPS) is 28.5. The number of fused-ring (bicyclic) bond motifs is 1. The van der Waals surface area contributed by atoms with Gasteiger partial charge in [0.1, 0.15) is 11.8 Å². The highest BCUT2D eigenvalue weighted by Gasteiger charge is 2.57. The van der Waals surface area contributed by atoms with Gasteiger partial charge < -0.3 is 9.84 Å². The Balaban J connectivity index is 1.93. The highest BCUT2D eigenvalue weighted by Crippen LogP contribution is 2.41. The van der Waals surface area contributed by atoms with Crippen molar-refractivity contribution < 1.29 is 19.4 Å². The summed E-state index contributed by atoms with van der Waals surface area (Å²) in [5.41, 5.74) is 3.75. The fraction of sp³-hybridized carbons (Fsp3) is 0.467. The van der Waals surface area contributed by atoms with E-state index in [9.17, 15) is 14.7 Å². The van der Waals surface area contributed by atoms with Crippen LogP contribution in [-0.2, 0) is 14.3 Å². The van der Waals surface area contributed by atoms with Crippen LogP contribution in [0.1, 0.15) is 11.6 Å². The number of nitrogens with zero attached hydrogens (tertiary/aromatic N) is 2. The zero-order valence-electron chi connectivity index (χ0n) is 12.5. The number of carbonyl (C=O) groups is 2. The molecule has 3 atom stereocenters. The van der Waals surface area contributed by atoms with Crippen LogP contribution in [0.25, 0.3) is 0 Å². The van der Waals surface area contributed by atoms with Crippen LogP contribution in [0.2, 0.25) is 0 Å². The van der Waals surface area contributed by atoms with Crippen molar-refractivity contribution in [2.75, 3.05) is 27.3 Å². The lowest BCUT2D eigenvalue weighted by atomic mass is 9.90. The number of hydrogen-bond donors (Lipinski definition) is 2. The number of para-hydroxylation sites is 1. The first kappa shape index (κ1) is 15.0. The first-order chi connectivity index (χ1) is 10.6. The van der Waals surface area contributed by atoms with Crippen molar-refractivity contribution >= 4 is 11.8 Å². The molecule has 0 bridgehead atoms. The molecule has 118 valence electrons. The molecule has 1 aromatic rings. The topological polar surface area (TPSA) is 82.1 Å². The van der Waals surface area contributed by atoms with Crippen LogP contribution in [-0.4, -0.2) is 60.2 Å². The molecule has 7 nitrogen and oxygen atoms in total. The second kappa shape index (κ2) is 5.68. The van der Waals surface area contributed by atoms with Crippen LogP contribution in [0, 0.1) is 5.92 Å². The molecule has 2 aliphatic heterocycles. The Kier molecular flexibility index (Phi) is 3.86. The molecule has 0 radical (unpaired) electrons. The van der Waals surface area contributed by atoms with Gasteiger partial charge in [-0.05, 0) is 6.07 Å². The number of phenols is 1. The number of methoxy groups -OCH3 is 1. The maximum atomic E-state index is 12.6. The van der Waals surface area contributed by atoms with Crippen molar-refractivity contribution in [1.82, 2.24) is 15.3 Å². The van der Waals surface area contributed by atoms with Crippen LogP contribution >= 0.6 is 0 Å². The molecular formula is C15H19N3O4. The number of imide groups is 1. The number of aromatic hydroxyl groups is 1. The Morgan fingerprint density at radius 2 is 2.00 bits per heavy atom. The van der Waals surface area contributed by atoms with Gasteiger partial charge in [-0.25, -0.2) is 10.4 Å². The van der Waals surface area contributed by atoms with Crippen molar-refractivity contribution in [3.05, 3.63) is 29.8 Å². The summed E-state index contributed by atoms with van der Waals surface area (Å²) >= 11 is 0. The Labute approximate surface area is 128 Å². The lowest BCUT2D eigenvalue weighted by molar-refractivity contribution is -0.142. The van der Waals surface area contributed by atoms with Crippen molar-refractivity contribution in [1.29, 1.82) is 0 Å². The van der Waals surface area contributed by atoms with Crippen molar-refractivity contribution in [3.63, 3.8) is 0 Å². The summed E-state index contributed by atoms with van der Waals surface area (Å²) in [5.74, 6) is -0.871. The van der Waals surface area contributed by atoms with Crippen LogP contribution in [0.15, 0.2) is 24.3 Å². The van der Waals surface area contributed by atoms with E-state index >= 15 is 0 Å². The van der Waals surface area contributed by atoms with Crippen molar-refractivity contribution in [2.45, 2.75) is 12.1 Å². The van der Waals surface area contributed by atoms with Crippen molar-refractivity contribution in [3.8, 4) is 5.75 Å². The lowest BCUT2D eigenvalue weighted by Crippen LogP contribution is -2.43. The average molecular weight is 305 g/mol. The molecule has 2 fully saturated rings. The third-order valence-corrected chi connectivity index (χ3v) is 4.32. The highest BCUT2D eigenvalue weighted by molar-refractivity contribution is 6.08. The second-order valence-electron chi connectivity index (χ2n) is 5.57. The maximum Gasteiger partial charge on any atom is 0.248 e. The molecule has 2 amide bonds. The Morgan fingerprint density at radius 3 is 2.68 bits per heavy atom. The largest absolute Gasteiger partial charge is 0.508 e. The van der Waals surface area contributed by atoms with Gasteiger partial charge in [-0.3, -0.25) is 14.5 Å². The summed E-state index contributed by atoms with van der Waals surface area (Å²) in [6.07, 6.45) is 0. The summed E-state index contributed by atoms with van der Waals surface area (Å²) in [6, 6.07) is 5.90. The number of hydrogen-bond acceptors (Lipinski definition) is 6. The Morgan fingerprint density at radius 1 is 1.27 bits per heavy atom. The number of ether oxygens (including phenoxy) is 1. The zero-order chi connectivity index (χ0) is 15.9. The standard InChI is InChI=1S/C15H19N3O4/c1-17-13-11(14(20)18(15(13)21)7-8-22-2)12(16-17)9-5-3-4-6-10(9)19/h3-6,11-13,16,19H,7-8H2,1-2H3/t11-,12+,13-/m1/s1. The van der Waals surface area contributed by atoms with Crippen LogP contribution in [0.4, 0.5) is 0 Å². The van der Waals surface area contributed by atoms with E-state index in [2.05, 4.69) is 5.43 Å². The molecule has 0 aromatic heterocycles. The SMILES string of the molecule is COCCN1C(=O)[C@@H]2[C@H](c3ccccc3O)NN(C)[C@H]2C1=O. The number of amides is 2. The van der Waals surface area contributed by atoms with E-state index in [4.69, 9.17) is 4.74 Å². The van der Waals surface area contributed by atoms with E-state index in [0.29, 0.717) is 12.2 Å². The van der Waals surface area contributed by atoms with Crippen LogP contribution < -0.4 is 5.43 Å². The molecule has 2 N–H and O–H groups in total. The minimum Gasteiger partial charge on any atom is -0.508 e. The third-order valence-electron chi connectivity index (χ3n) is 4.32. The first-order valence-electron chi connectivity index (χ1n) is 7.17. The molecule has 7 heteroatoms. The predicted molar refractivity (Wildman–Crippen MR) is 77.6 cm³/mol. The molecule has 3 rings (SSSR count). The number of hydrazine groups is 1. The average Bonchev–Trinajstić information content (AvgIpc) is 2.96. The number of likely N-dealkylation sites (N-methyl/N-ethyl adjacent to an activating group) is 1. The van der Waals surface area contributed by atoms with Crippen LogP contribution in [0.3, 0.4) is 0 Å². The number of benzene rings is 1. The highest BCUT2D eigenvalue weighted by atomic mass is 16.5. The first-order valence-corrected chi connectivity index (χ1v) is 7.17. The summed E-state index contributed by atoms with van der Waals surface area (Å²) in [5, 5.41) is 11.7. The van der Waals surface area contributed by atoms with Gasteiger partial charge in [-0.15, -0.1) is 0 Å². The van der Waals surface area contributed by atoms with Gasteiger partial charge >= 0.3 is 0 Å². The number of nitrogens with one attached hydrogen (secondary N) is 1. The molecule has 2 aliphatic rings. The summed E-state index contributed by atoms with van der Waals surface area (Å²) in [6.45, 7) is 0.567. The van der Waals surface area contributed by atoms with Crippen LogP contribution in [0.5, 0.6) is 5.75 Å². The lowest BCUT2D eigenvalue weighted by Gasteiger charge is -2.22. The fourth-order valence-corrected chi connectivity index (χ4v) is 3.26. The zero-order valence-corrected chi connectivity index (χ0v) is 12.5. The Hall–Kier alpha value is -1.96. The molecule has 1 aromatic carbocycles. The van der Waals surface area contributed by atoms with E-state index < -0.39 is 18.0 Å². The molecule has 0 spiro atoms. The number of rotatable bonds is 4. The molecule has 0 saturated carbocycles. The molecule has 0 aliphatic carbocycles. The van der Waals surface area contributed by atoms with Gasteiger partial charge in [0.2, 0.25) is 11.8 Å². The number of carbonyl (C=O) groups excluding carboxylic acids is 2. The predicted octanol–water partition coefficient (Wildman–Crippen LogP) is -0.117. The van der Waals surface area contributed by atoms with E-state index in [1.807, 2.05) is 0 Å². The monoisotopic (exact) mass is 305 g/mol. The molecule has 22 heavy (non-hydrogen) atoms. The van der Waals surface area contributed by atoms with Gasteiger partial charge in [0.05, 0.1) is 25.1 Å². The third kappa shape index (κ3) is 2.18. The number of phenolic OH excluding ortho intramolecular Hbond substituents is 1. The summed E-state index contributed by atoms with van der Waals surface area (Å²) in [7, 11) is 3.27. The van der Waals surface area contributed by atoms with E-state index in [1.165, 1.54) is 12.0 Å². The molecule has 0 unspecified atom stereocenters. The van der Waals surface area contributed by atoms with E-state index in [-0.39, 0.29) is 24.1 Å². The minimum atomic E-state index is -0.547. The molecular weight excluding hydrogens is 286 g/mol. The van der Waals surface area contributed by atoms with Gasteiger partial charge in [0.25, 0.3) is 0 Å². The Bertz CT molecular complexity index is 606. The fourth-order valence-electron chi connectivity index (χ4n) is 3.26. The summed E-state index contributed by atoms with van der Waals surface area (Å²) < 4.78 is 4.96. The molecule has 2 saturated heterocycles. The quantitative estimate of drug-likeness (QED) is 0.755. The smallest absolute Gasteiger partial charge is 0.248 e. The van der Waals surface area contributed by atoms with Gasteiger partial charge in [0.15, 0.2) is 0 Å². The van der Waals surface area contributed by atoms with E-state index in [1.54, 1.807) is 36.3 Å². The van der Waals surface area contributed by atoms with Crippen molar-refractivity contribution in [2.24, 2.45) is 5.92 Å². The summed E-state index contributed by atoms with van der Waals surface area (Å²) in [4.78, 5) is 26.4. The minimum absolute atomic E-state index is 0.115. The van der Waals surface area contributed by atoms with Gasteiger partial charge in [-0.2, -0.15) is 0 Å². The van der Waals surface area contributed by atoms with Gasteiger partial charge in [0, 0.05) is 19.7 Å². The van der Waals surface area contributed by atoms with E-state index in [0.717, 1.165) is 0 Å². The number of likely N-dealkylation sites (tertiary alicyclic amines) is 1. The second-order valence-corrected chi connectivity index (χ2v) is 5.57. The van der Waals surface area contributed by atoms with Gasteiger partial charge in [-0.1, -0.05) is 18.2 Å². The molecule has 2 heterocycles.